The summed E-state index contributed by atoms with van der Waals surface area (Å²) < 4.78 is 0. The van der Waals surface area contributed by atoms with Gasteiger partial charge in [0.25, 0.3) is 0 Å². The lowest BCUT2D eigenvalue weighted by molar-refractivity contribution is -0.151. The van der Waals surface area contributed by atoms with Crippen LogP contribution in [0.25, 0.3) is 0 Å². The van der Waals surface area contributed by atoms with Crippen molar-refractivity contribution in [1.82, 2.24) is 5.32 Å². The Labute approximate surface area is 84.9 Å². The lowest BCUT2D eigenvalue weighted by Crippen LogP contribution is -2.42. The fourth-order valence-electron chi connectivity index (χ4n) is 2.36. The van der Waals surface area contributed by atoms with E-state index < -0.39 is 11.4 Å². The standard InChI is InChI=1S/C11H19NO2/c13-10(14)11(4-3-9-1-2-9)5-7-12-8-6-11/h9,12H,1-8H2,(H,13,14). The highest BCUT2D eigenvalue weighted by Crippen LogP contribution is 2.41. The maximum atomic E-state index is 11.3. The highest BCUT2D eigenvalue weighted by atomic mass is 16.4. The molecule has 1 heterocycles. The number of rotatable bonds is 4. The van der Waals surface area contributed by atoms with Crippen molar-refractivity contribution < 1.29 is 9.90 Å². The molecular weight excluding hydrogens is 178 g/mol. The number of nitrogens with one attached hydrogen (secondary N) is 1. The Morgan fingerprint density at radius 2 is 2.00 bits per heavy atom. The molecule has 1 aliphatic heterocycles. The summed E-state index contributed by atoms with van der Waals surface area (Å²) in [6.45, 7) is 1.74. The number of hydrogen-bond acceptors (Lipinski definition) is 2. The van der Waals surface area contributed by atoms with Gasteiger partial charge in [-0.3, -0.25) is 4.79 Å². The lowest BCUT2D eigenvalue weighted by atomic mass is 9.75. The molecule has 0 bridgehead atoms. The fraction of sp³-hybridized carbons (Fsp3) is 0.909. The summed E-state index contributed by atoms with van der Waals surface area (Å²) in [5, 5.41) is 12.5. The van der Waals surface area contributed by atoms with Crippen LogP contribution < -0.4 is 5.32 Å². The third-order valence-electron chi connectivity index (χ3n) is 3.74. The zero-order chi connectivity index (χ0) is 10.0. The number of piperidine rings is 1. The second-order valence-electron chi connectivity index (χ2n) is 4.82. The largest absolute Gasteiger partial charge is 0.481 e. The number of carbonyl (C=O) groups is 1. The summed E-state index contributed by atoms with van der Waals surface area (Å²) in [4.78, 5) is 11.3. The van der Waals surface area contributed by atoms with Crippen molar-refractivity contribution >= 4 is 5.97 Å². The first-order chi connectivity index (χ1) is 6.73. The molecule has 80 valence electrons. The zero-order valence-electron chi connectivity index (χ0n) is 8.59. The van der Waals surface area contributed by atoms with Gasteiger partial charge in [0.2, 0.25) is 0 Å². The lowest BCUT2D eigenvalue weighted by Gasteiger charge is -2.33. The molecule has 0 aromatic rings. The van der Waals surface area contributed by atoms with Crippen LogP contribution in [0, 0.1) is 11.3 Å². The predicted octanol–water partition coefficient (Wildman–Crippen LogP) is 1.63. The summed E-state index contributed by atoms with van der Waals surface area (Å²) >= 11 is 0. The maximum Gasteiger partial charge on any atom is 0.309 e. The van der Waals surface area contributed by atoms with Gasteiger partial charge in [-0.25, -0.2) is 0 Å². The van der Waals surface area contributed by atoms with E-state index in [0.717, 1.165) is 44.7 Å². The Morgan fingerprint density at radius 1 is 1.36 bits per heavy atom. The van der Waals surface area contributed by atoms with E-state index in [4.69, 9.17) is 0 Å². The van der Waals surface area contributed by atoms with Crippen LogP contribution in [0.5, 0.6) is 0 Å². The SMILES string of the molecule is O=C(O)C1(CCC2CC2)CCNCC1. The molecule has 2 rings (SSSR count). The molecule has 0 spiro atoms. The van der Waals surface area contributed by atoms with Crippen LogP contribution in [0.4, 0.5) is 0 Å². The molecule has 3 heteroatoms. The third kappa shape index (κ3) is 2.08. The first-order valence-electron chi connectivity index (χ1n) is 5.67. The van der Waals surface area contributed by atoms with Gasteiger partial charge in [0.15, 0.2) is 0 Å². The van der Waals surface area contributed by atoms with Gasteiger partial charge >= 0.3 is 5.97 Å². The van der Waals surface area contributed by atoms with Gasteiger partial charge in [0.05, 0.1) is 5.41 Å². The molecule has 0 atom stereocenters. The molecule has 0 amide bonds. The van der Waals surface area contributed by atoms with E-state index in [1.54, 1.807) is 0 Å². The van der Waals surface area contributed by atoms with Crippen molar-refractivity contribution in [2.24, 2.45) is 11.3 Å². The summed E-state index contributed by atoms with van der Waals surface area (Å²) in [7, 11) is 0. The molecule has 14 heavy (non-hydrogen) atoms. The second kappa shape index (κ2) is 3.89. The van der Waals surface area contributed by atoms with Crippen molar-refractivity contribution in [2.45, 2.75) is 38.5 Å². The minimum atomic E-state index is -0.570. The first-order valence-corrected chi connectivity index (χ1v) is 5.67. The molecule has 0 aromatic carbocycles. The van der Waals surface area contributed by atoms with Crippen molar-refractivity contribution in [1.29, 1.82) is 0 Å². The smallest absolute Gasteiger partial charge is 0.309 e. The van der Waals surface area contributed by atoms with Gasteiger partial charge in [-0.1, -0.05) is 12.8 Å². The van der Waals surface area contributed by atoms with Crippen molar-refractivity contribution in [3.05, 3.63) is 0 Å². The van der Waals surface area contributed by atoms with E-state index >= 15 is 0 Å². The molecule has 1 saturated carbocycles. The van der Waals surface area contributed by atoms with E-state index in [-0.39, 0.29) is 0 Å². The van der Waals surface area contributed by atoms with Gasteiger partial charge in [-0.15, -0.1) is 0 Å². The number of carboxylic acids is 1. The first kappa shape index (κ1) is 9.97. The molecule has 2 N–H and O–H groups in total. The van der Waals surface area contributed by atoms with Crippen LogP contribution in [0.3, 0.4) is 0 Å². The molecule has 0 unspecified atom stereocenters. The van der Waals surface area contributed by atoms with E-state index in [2.05, 4.69) is 5.32 Å². The molecule has 0 radical (unpaired) electrons. The number of aliphatic carboxylic acids is 1. The van der Waals surface area contributed by atoms with Crippen LogP contribution in [-0.2, 0) is 4.79 Å². The normalized spacial score (nSPS) is 26.0. The monoisotopic (exact) mass is 197 g/mol. The van der Waals surface area contributed by atoms with Crippen molar-refractivity contribution in [3.63, 3.8) is 0 Å². The zero-order valence-corrected chi connectivity index (χ0v) is 8.59. The Morgan fingerprint density at radius 3 is 2.50 bits per heavy atom. The quantitative estimate of drug-likeness (QED) is 0.720. The van der Waals surface area contributed by atoms with Gasteiger partial charge in [0, 0.05) is 0 Å². The fourth-order valence-corrected chi connectivity index (χ4v) is 2.36. The van der Waals surface area contributed by atoms with Crippen LogP contribution in [0.2, 0.25) is 0 Å². The molecule has 3 nitrogen and oxygen atoms in total. The van der Waals surface area contributed by atoms with Crippen LogP contribution in [0.1, 0.15) is 38.5 Å². The van der Waals surface area contributed by atoms with Crippen LogP contribution >= 0.6 is 0 Å². The maximum absolute atomic E-state index is 11.3. The van der Waals surface area contributed by atoms with Gasteiger partial charge < -0.3 is 10.4 Å². The Hall–Kier alpha value is -0.570. The Bertz CT molecular complexity index is 217. The molecule has 2 fully saturated rings. The van der Waals surface area contributed by atoms with E-state index in [1.165, 1.54) is 12.8 Å². The van der Waals surface area contributed by atoms with Gasteiger partial charge in [-0.2, -0.15) is 0 Å². The van der Waals surface area contributed by atoms with E-state index in [1.807, 2.05) is 0 Å². The summed E-state index contributed by atoms with van der Waals surface area (Å²) in [5.41, 5.74) is -0.395. The van der Waals surface area contributed by atoms with Gasteiger partial charge in [-0.05, 0) is 44.7 Å². The minimum Gasteiger partial charge on any atom is -0.481 e. The van der Waals surface area contributed by atoms with Crippen LogP contribution in [0.15, 0.2) is 0 Å². The molecule has 2 aliphatic rings. The third-order valence-corrected chi connectivity index (χ3v) is 3.74. The van der Waals surface area contributed by atoms with Crippen LogP contribution in [-0.4, -0.2) is 24.2 Å². The Balaban J connectivity index is 1.92. The highest BCUT2D eigenvalue weighted by Gasteiger charge is 2.40. The van der Waals surface area contributed by atoms with E-state index in [9.17, 15) is 9.90 Å². The highest BCUT2D eigenvalue weighted by molar-refractivity contribution is 5.74. The second-order valence-corrected chi connectivity index (χ2v) is 4.82. The van der Waals surface area contributed by atoms with Crippen molar-refractivity contribution in [2.75, 3.05) is 13.1 Å². The Kier molecular flexibility index (Phi) is 2.77. The number of hydrogen-bond donors (Lipinski definition) is 2. The molecule has 1 saturated heterocycles. The van der Waals surface area contributed by atoms with Gasteiger partial charge in [0.1, 0.15) is 0 Å². The minimum absolute atomic E-state index is 0.395. The average Bonchev–Trinajstić information content (AvgIpc) is 2.99. The molecular formula is C11H19NO2. The summed E-state index contributed by atoms with van der Waals surface area (Å²) in [5.74, 6) is 0.278. The topological polar surface area (TPSA) is 49.3 Å². The molecule has 0 aromatic heterocycles. The number of carboxylic acid groups (broad SMARTS) is 1. The predicted molar refractivity (Wildman–Crippen MR) is 54.1 cm³/mol. The molecule has 1 aliphatic carbocycles. The van der Waals surface area contributed by atoms with Crippen molar-refractivity contribution in [3.8, 4) is 0 Å². The summed E-state index contributed by atoms with van der Waals surface area (Å²) in [6, 6.07) is 0. The van der Waals surface area contributed by atoms with E-state index in [0.29, 0.717) is 0 Å². The average molecular weight is 197 g/mol. The summed E-state index contributed by atoms with van der Waals surface area (Å²) in [6.07, 6.45) is 6.31.